The highest BCUT2D eigenvalue weighted by atomic mass is 16.5. The van der Waals surface area contributed by atoms with Gasteiger partial charge in [0.15, 0.2) is 0 Å². The first-order valence-electron chi connectivity index (χ1n) is 11.5. The minimum atomic E-state index is -1.17. The van der Waals surface area contributed by atoms with Crippen LogP contribution in [0, 0.1) is 17.8 Å². The summed E-state index contributed by atoms with van der Waals surface area (Å²) in [5.41, 5.74) is 0.600. The van der Waals surface area contributed by atoms with E-state index in [1.54, 1.807) is 37.2 Å². The summed E-state index contributed by atoms with van der Waals surface area (Å²) in [5, 5.41) is 19.7. The standard InChI is InChI=1S/C26H34N4O4/c1-18-14-30(19(2)17-31)25(32)22-12-20(9-10-26(3,4)33)13-28-24(22)34-23(18)16-29(5)15-21-8-6-7-11-27-21/h6-8,11-13,18-19,23,31,33H,14-17H2,1-5H3/t18-,19-,23+/m0/s1. The van der Waals surface area contributed by atoms with Crippen molar-refractivity contribution in [3.63, 3.8) is 0 Å². The second-order valence-corrected chi connectivity index (χ2v) is 9.53. The van der Waals surface area contributed by atoms with Crippen molar-refractivity contribution in [3.8, 4) is 17.7 Å². The third-order valence-corrected chi connectivity index (χ3v) is 5.68. The van der Waals surface area contributed by atoms with Crippen LogP contribution in [0.3, 0.4) is 0 Å². The predicted molar refractivity (Wildman–Crippen MR) is 129 cm³/mol. The molecule has 0 unspecified atom stereocenters. The number of carbonyl (C=O) groups excluding carboxylic acids is 1. The van der Waals surface area contributed by atoms with Crippen LogP contribution < -0.4 is 4.74 Å². The Balaban J connectivity index is 1.92. The Morgan fingerprint density at radius 2 is 2.12 bits per heavy atom. The molecule has 0 fully saturated rings. The van der Waals surface area contributed by atoms with Gasteiger partial charge >= 0.3 is 0 Å². The van der Waals surface area contributed by atoms with Crippen molar-refractivity contribution in [1.29, 1.82) is 0 Å². The van der Waals surface area contributed by atoms with Crippen molar-refractivity contribution in [1.82, 2.24) is 19.8 Å². The highest BCUT2D eigenvalue weighted by Crippen LogP contribution is 2.27. The van der Waals surface area contributed by atoms with E-state index in [-0.39, 0.29) is 36.5 Å². The average molecular weight is 467 g/mol. The summed E-state index contributed by atoms with van der Waals surface area (Å²) in [4.78, 5) is 26.1. The maximum Gasteiger partial charge on any atom is 0.259 e. The molecule has 3 rings (SSSR count). The van der Waals surface area contributed by atoms with Gasteiger partial charge in [0.25, 0.3) is 5.91 Å². The molecule has 0 spiro atoms. The molecule has 8 nitrogen and oxygen atoms in total. The molecule has 0 aromatic carbocycles. The lowest BCUT2D eigenvalue weighted by Gasteiger charge is -2.37. The topological polar surface area (TPSA) is 99.0 Å². The third kappa shape index (κ3) is 6.76. The second kappa shape index (κ2) is 11.0. The molecular weight excluding hydrogens is 432 g/mol. The molecule has 0 aliphatic carbocycles. The van der Waals surface area contributed by atoms with E-state index in [1.807, 2.05) is 39.1 Å². The minimum absolute atomic E-state index is 0.00580. The number of nitrogens with zero attached hydrogens (tertiary/aromatic N) is 4. The normalized spacial score (nSPS) is 19.4. The van der Waals surface area contributed by atoms with E-state index in [0.717, 1.165) is 5.69 Å². The molecule has 2 aromatic heterocycles. The number of aliphatic hydroxyl groups excluding tert-OH is 1. The Bertz CT molecular complexity index is 1040. The van der Waals surface area contributed by atoms with Crippen molar-refractivity contribution < 1.29 is 19.7 Å². The number of ether oxygens (including phenoxy) is 1. The van der Waals surface area contributed by atoms with Crippen molar-refractivity contribution in [3.05, 3.63) is 53.5 Å². The van der Waals surface area contributed by atoms with E-state index >= 15 is 0 Å². The number of aromatic nitrogens is 2. The Morgan fingerprint density at radius 1 is 1.35 bits per heavy atom. The van der Waals surface area contributed by atoms with Crippen molar-refractivity contribution in [2.75, 3.05) is 26.7 Å². The van der Waals surface area contributed by atoms with Gasteiger partial charge in [-0.2, -0.15) is 0 Å². The van der Waals surface area contributed by atoms with E-state index in [1.165, 1.54) is 0 Å². The van der Waals surface area contributed by atoms with Crippen molar-refractivity contribution in [2.45, 2.75) is 52.0 Å². The number of hydrogen-bond donors (Lipinski definition) is 2. The molecule has 0 radical (unpaired) electrons. The quantitative estimate of drug-likeness (QED) is 0.628. The Labute approximate surface area is 201 Å². The SMILES string of the molecule is C[C@H]1CN([C@@H](C)CO)C(=O)c2cc(C#CC(C)(C)O)cnc2O[C@@H]1CN(C)Cc1ccccn1. The summed E-state index contributed by atoms with van der Waals surface area (Å²) >= 11 is 0. The van der Waals surface area contributed by atoms with E-state index in [2.05, 4.69) is 26.7 Å². The van der Waals surface area contributed by atoms with Crippen LogP contribution in [-0.4, -0.2) is 80.4 Å². The molecule has 8 heteroatoms. The fourth-order valence-corrected chi connectivity index (χ4v) is 3.75. The first-order valence-corrected chi connectivity index (χ1v) is 11.5. The Kier molecular flexibility index (Phi) is 8.26. The average Bonchev–Trinajstić information content (AvgIpc) is 2.79. The lowest BCUT2D eigenvalue weighted by molar-refractivity contribution is 0.0324. The lowest BCUT2D eigenvalue weighted by atomic mass is 9.99. The van der Waals surface area contributed by atoms with Gasteiger partial charge in [-0.05, 0) is 46.0 Å². The van der Waals surface area contributed by atoms with E-state index in [9.17, 15) is 15.0 Å². The number of fused-ring (bicyclic) bond motifs is 1. The Morgan fingerprint density at radius 3 is 2.76 bits per heavy atom. The molecule has 2 N–H and O–H groups in total. The zero-order chi connectivity index (χ0) is 24.9. The van der Waals surface area contributed by atoms with Gasteiger partial charge in [-0.1, -0.05) is 24.8 Å². The van der Waals surface area contributed by atoms with Gasteiger partial charge in [-0.25, -0.2) is 4.98 Å². The minimum Gasteiger partial charge on any atom is -0.472 e. The summed E-state index contributed by atoms with van der Waals surface area (Å²) in [6, 6.07) is 7.11. The van der Waals surface area contributed by atoms with Crippen LogP contribution in [0.1, 0.15) is 49.3 Å². The lowest BCUT2D eigenvalue weighted by Crippen LogP contribution is -2.49. The zero-order valence-electron chi connectivity index (χ0n) is 20.5. The van der Waals surface area contributed by atoms with Crippen molar-refractivity contribution in [2.24, 2.45) is 5.92 Å². The Hall–Kier alpha value is -2.99. The number of likely N-dealkylation sites (N-methyl/N-ethyl adjacent to an activating group) is 1. The first-order chi connectivity index (χ1) is 16.1. The fraction of sp³-hybridized carbons (Fsp3) is 0.500. The van der Waals surface area contributed by atoms with Crippen LogP contribution in [0.4, 0.5) is 0 Å². The summed E-state index contributed by atoms with van der Waals surface area (Å²) in [6.45, 7) is 8.59. The summed E-state index contributed by atoms with van der Waals surface area (Å²) in [6.07, 6.45) is 3.08. The van der Waals surface area contributed by atoms with Gasteiger partial charge in [-0.3, -0.25) is 14.7 Å². The van der Waals surface area contributed by atoms with Gasteiger partial charge < -0.3 is 19.8 Å². The molecule has 3 atom stereocenters. The molecule has 0 saturated heterocycles. The largest absolute Gasteiger partial charge is 0.472 e. The van der Waals surface area contributed by atoms with E-state index in [4.69, 9.17) is 4.74 Å². The fourth-order valence-electron chi connectivity index (χ4n) is 3.75. The molecule has 1 aliphatic heterocycles. The smallest absolute Gasteiger partial charge is 0.259 e. The monoisotopic (exact) mass is 466 g/mol. The number of rotatable bonds is 6. The van der Waals surface area contributed by atoms with E-state index < -0.39 is 5.60 Å². The summed E-state index contributed by atoms with van der Waals surface area (Å²) < 4.78 is 6.31. The first kappa shape index (κ1) is 25.6. The van der Waals surface area contributed by atoms with Crippen LogP contribution in [-0.2, 0) is 6.54 Å². The van der Waals surface area contributed by atoms with Crippen LogP contribution in [0.2, 0.25) is 0 Å². The van der Waals surface area contributed by atoms with Gasteiger partial charge in [0, 0.05) is 43.5 Å². The maximum atomic E-state index is 13.4. The number of hydrogen-bond acceptors (Lipinski definition) is 7. The molecule has 1 aliphatic rings. The molecule has 182 valence electrons. The van der Waals surface area contributed by atoms with Crippen LogP contribution in [0.5, 0.6) is 5.88 Å². The zero-order valence-corrected chi connectivity index (χ0v) is 20.5. The number of carbonyl (C=O) groups is 1. The molecule has 3 heterocycles. The highest BCUT2D eigenvalue weighted by Gasteiger charge is 2.34. The predicted octanol–water partition coefficient (Wildman–Crippen LogP) is 1.95. The molecule has 0 saturated carbocycles. The summed E-state index contributed by atoms with van der Waals surface area (Å²) in [5.74, 6) is 5.60. The highest BCUT2D eigenvalue weighted by molar-refractivity contribution is 5.97. The molecule has 34 heavy (non-hydrogen) atoms. The van der Waals surface area contributed by atoms with Crippen molar-refractivity contribution >= 4 is 5.91 Å². The van der Waals surface area contributed by atoms with Crippen LogP contribution in [0.15, 0.2) is 36.7 Å². The van der Waals surface area contributed by atoms with Gasteiger partial charge in [0.1, 0.15) is 17.3 Å². The maximum absolute atomic E-state index is 13.4. The van der Waals surface area contributed by atoms with Crippen LogP contribution in [0.25, 0.3) is 0 Å². The van der Waals surface area contributed by atoms with E-state index in [0.29, 0.717) is 30.8 Å². The second-order valence-electron chi connectivity index (χ2n) is 9.53. The molecule has 1 amide bonds. The molecule has 2 aromatic rings. The number of amides is 1. The number of aliphatic hydroxyl groups is 2. The molecule has 0 bridgehead atoms. The molecular formula is C26H34N4O4. The van der Waals surface area contributed by atoms with Gasteiger partial charge in [0.05, 0.1) is 18.3 Å². The van der Waals surface area contributed by atoms with Gasteiger partial charge in [0.2, 0.25) is 5.88 Å². The summed E-state index contributed by atoms with van der Waals surface area (Å²) in [7, 11) is 2.01. The third-order valence-electron chi connectivity index (χ3n) is 5.68. The van der Waals surface area contributed by atoms with Crippen LogP contribution >= 0.6 is 0 Å². The van der Waals surface area contributed by atoms with Gasteiger partial charge in [-0.15, -0.1) is 0 Å². The number of pyridine rings is 2.